The number of aryl methyl sites for hydroxylation is 2. The summed E-state index contributed by atoms with van der Waals surface area (Å²) >= 11 is 0. The van der Waals surface area contributed by atoms with Gasteiger partial charge in [0.1, 0.15) is 5.82 Å². The molecule has 1 N–H and O–H groups in total. The molecule has 1 aromatic carbocycles. The summed E-state index contributed by atoms with van der Waals surface area (Å²) in [6, 6.07) is 3.81. The van der Waals surface area contributed by atoms with Gasteiger partial charge < -0.3 is 5.32 Å². The average Bonchev–Trinajstić information content (AvgIpc) is 2.25. The van der Waals surface area contributed by atoms with Crippen molar-refractivity contribution >= 4 is 0 Å². The van der Waals surface area contributed by atoms with E-state index in [4.69, 9.17) is 0 Å². The highest BCUT2D eigenvalue weighted by Crippen LogP contribution is 2.29. The van der Waals surface area contributed by atoms with E-state index in [2.05, 4.69) is 32.2 Å². The van der Waals surface area contributed by atoms with Gasteiger partial charge in [-0.2, -0.15) is 0 Å². The molecule has 2 heteroatoms. The molecule has 0 aliphatic carbocycles. The van der Waals surface area contributed by atoms with Crippen LogP contribution >= 0.6 is 0 Å². The van der Waals surface area contributed by atoms with Crippen LogP contribution in [-0.4, -0.2) is 6.54 Å². The van der Waals surface area contributed by atoms with Crippen molar-refractivity contribution < 1.29 is 4.39 Å². The third kappa shape index (κ3) is 3.29. The van der Waals surface area contributed by atoms with Gasteiger partial charge in [-0.05, 0) is 43.5 Å². The molecule has 0 aliphatic rings. The molecule has 0 saturated heterocycles. The minimum atomic E-state index is -0.0752. The molecule has 2 unspecified atom stereocenters. The first-order valence-electron chi connectivity index (χ1n) is 6.51. The van der Waals surface area contributed by atoms with Gasteiger partial charge >= 0.3 is 0 Å². The zero-order valence-corrected chi connectivity index (χ0v) is 11.6. The summed E-state index contributed by atoms with van der Waals surface area (Å²) in [5.41, 5.74) is 2.88. The van der Waals surface area contributed by atoms with E-state index in [9.17, 15) is 4.39 Å². The minimum Gasteiger partial charge on any atom is -0.310 e. The topological polar surface area (TPSA) is 12.0 Å². The first kappa shape index (κ1) is 14.2. The van der Waals surface area contributed by atoms with Crippen LogP contribution in [0.4, 0.5) is 4.39 Å². The molecule has 1 aromatic rings. The van der Waals surface area contributed by atoms with Gasteiger partial charge in [-0.3, -0.25) is 0 Å². The molecule has 0 amide bonds. The Morgan fingerprint density at radius 3 is 2.35 bits per heavy atom. The van der Waals surface area contributed by atoms with Gasteiger partial charge in [-0.25, -0.2) is 4.39 Å². The first-order valence-corrected chi connectivity index (χ1v) is 6.51. The molecule has 96 valence electrons. The summed E-state index contributed by atoms with van der Waals surface area (Å²) in [7, 11) is 0. The second-order valence-electron chi connectivity index (χ2n) is 4.90. The Morgan fingerprint density at radius 2 is 1.88 bits per heavy atom. The van der Waals surface area contributed by atoms with Crippen LogP contribution in [0.1, 0.15) is 49.9 Å². The number of rotatable bonds is 5. The van der Waals surface area contributed by atoms with E-state index in [1.54, 1.807) is 6.07 Å². The first-order chi connectivity index (χ1) is 8.01. The number of nitrogens with one attached hydrogen (secondary N) is 1. The highest BCUT2D eigenvalue weighted by Gasteiger charge is 2.22. The van der Waals surface area contributed by atoms with Crippen molar-refractivity contribution in [3.05, 3.63) is 34.6 Å². The molecule has 1 nitrogen and oxygen atoms in total. The molecular weight excluding hydrogens is 213 g/mol. The monoisotopic (exact) mass is 237 g/mol. The Bertz CT molecular complexity index is 350. The van der Waals surface area contributed by atoms with Crippen LogP contribution in [-0.2, 0) is 0 Å². The zero-order chi connectivity index (χ0) is 13.0. The summed E-state index contributed by atoms with van der Waals surface area (Å²) in [4.78, 5) is 0. The number of hydrogen-bond donors (Lipinski definition) is 1. The Kier molecular flexibility index (Phi) is 5.13. The van der Waals surface area contributed by atoms with E-state index >= 15 is 0 Å². The largest absolute Gasteiger partial charge is 0.310 e. The number of hydrogen-bond acceptors (Lipinski definition) is 1. The van der Waals surface area contributed by atoms with E-state index in [0.717, 1.165) is 29.7 Å². The molecule has 1 rings (SSSR count). The second kappa shape index (κ2) is 6.15. The van der Waals surface area contributed by atoms with Crippen molar-refractivity contribution in [1.82, 2.24) is 5.32 Å². The zero-order valence-electron chi connectivity index (χ0n) is 11.6. The van der Waals surface area contributed by atoms with Crippen molar-refractivity contribution in [1.29, 1.82) is 0 Å². The lowest BCUT2D eigenvalue weighted by Crippen LogP contribution is -2.28. The molecule has 0 bridgehead atoms. The van der Waals surface area contributed by atoms with Crippen LogP contribution in [0.5, 0.6) is 0 Å². The maximum atomic E-state index is 14.1. The predicted octanol–water partition coefficient (Wildman–Crippen LogP) is 4.14. The standard InChI is InChI=1S/C15H24FN/c1-6-11(4)15(17-7-2)14-12(5)8-10(3)9-13(14)16/h8-9,11,15,17H,6-7H2,1-5H3. The Labute approximate surface area is 104 Å². The molecule has 0 spiro atoms. The van der Waals surface area contributed by atoms with Gasteiger partial charge in [0, 0.05) is 11.6 Å². The highest BCUT2D eigenvalue weighted by molar-refractivity contribution is 5.34. The van der Waals surface area contributed by atoms with Crippen LogP contribution in [0.3, 0.4) is 0 Å². The van der Waals surface area contributed by atoms with Crippen LogP contribution in [0.15, 0.2) is 12.1 Å². The number of benzene rings is 1. The van der Waals surface area contributed by atoms with Gasteiger partial charge in [0.2, 0.25) is 0 Å². The van der Waals surface area contributed by atoms with E-state index < -0.39 is 0 Å². The normalized spacial score (nSPS) is 14.7. The van der Waals surface area contributed by atoms with Gasteiger partial charge in [0.25, 0.3) is 0 Å². The molecule has 17 heavy (non-hydrogen) atoms. The molecule has 0 fully saturated rings. The third-order valence-electron chi connectivity index (χ3n) is 3.43. The van der Waals surface area contributed by atoms with Gasteiger partial charge in [0.15, 0.2) is 0 Å². The minimum absolute atomic E-state index is 0.0752. The van der Waals surface area contributed by atoms with Crippen molar-refractivity contribution in [2.75, 3.05) is 6.54 Å². The van der Waals surface area contributed by atoms with E-state index in [0.29, 0.717) is 5.92 Å². The highest BCUT2D eigenvalue weighted by atomic mass is 19.1. The van der Waals surface area contributed by atoms with Crippen LogP contribution in [0, 0.1) is 25.6 Å². The fourth-order valence-electron chi connectivity index (χ4n) is 2.36. The van der Waals surface area contributed by atoms with Crippen molar-refractivity contribution in [2.45, 2.75) is 47.1 Å². The van der Waals surface area contributed by atoms with Crippen molar-refractivity contribution in [3.8, 4) is 0 Å². The number of halogens is 1. The lowest BCUT2D eigenvalue weighted by molar-refractivity contribution is 0.370. The van der Waals surface area contributed by atoms with E-state index in [1.807, 2.05) is 13.8 Å². The Hall–Kier alpha value is -0.890. The summed E-state index contributed by atoms with van der Waals surface area (Å²) in [5, 5.41) is 3.41. The van der Waals surface area contributed by atoms with E-state index in [1.165, 1.54) is 0 Å². The lowest BCUT2D eigenvalue weighted by atomic mass is 9.88. The second-order valence-corrected chi connectivity index (χ2v) is 4.90. The summed E-state index contributed by atoms with van der Waals surface area (Å²) in [5.74, 6) is 0.361. The summed E-state index contributed by atoms with van der Waals surface area (Å²) in [6.45, 7) is 11.2. The molecule has 2 atom stereocenters. The molecule has 0 radical (unpaired) electrons. The SMILES string of the molecule is CCNC(c1c(C)cc(C)cc1F)C(C)CC. The fourth-order valence-corrected chi connectivity index (χ4v) is 2.36. The average molecular weight is 237 g/mol. The lowest BCUT2D eigenvalue weighted by Gasteiger charge is -2.26. The Morgan fingerprint density at radius 1 is 1.24 bits per heavy atom. The van der Waals surface area contributed by atoms with Crippen LogP contribution in [0.25, 0.3) is 0 Å². The van der Waals surface area contributed by atoms with Crippen molar-refractivity contribution in [2.24, 2.45) is 5.92 Å². The maximum absolute atomic E-state index is 14.1. The Balaban J connectivity index is 3.18. The molecule has 0 aliphatic heterocycles. The smallest absolute Gasteiger partial charge is 0.128 e. The van der Waals surface area contributed by atoms with Gasteiger partial charge in [-0.1, -0.05) is 33.3 Å². The molecular formula is C15H24FN. The van der Waals surface area contributed by atoms with E-state index in [-0.39, 0.29) is 11.9 Å². The molecule has 0 aromatic heterocycles. The quantitative estimate of drug-likeness (QED) is 0.811. The maximum Gasteiger partial charge on any atom is 0.128 e. The van der Waals surface area contributed by atoms with Gasteiger partial charge in [-0.15, -0.1) is 0 Å². The van der Waals surface area contributed by atoms with Crippen LogP contribution < -0.4 is 5.32 Å². The third-order valence-corrected chi connectivity index (χ3v) is 3.43. The van der Waals surface area contributed by atoms with Crippen LogP contribution in [0.2, 0.25) is 0 Å². The summed E-state index contributed by atoms with van der Waals surface area (Å²) < 4.78 is 14.1. The fraction of sp³-hybridized carbons (Fsp3) is 0.600. The van der Waals surface area contributed by atoms with Gasteiger partial charge in [0.05, 0.1) is 0 Å². The van der Waals surface area contributed by atoms with Crippen molar-refractivity contribution in [3.63, 3.8) is 0 Å². The molecule has 0 saturated carbocycles. The predicted molar refractivity (Wildman–Crippen MR) is 71.7 cm³/mol. The molecule has 0 heterocycles. The summed E-state index contributed by atoms with van der Waals surface area (Å²) in [6.07, 6.45) is 1.05.